The summed E-state index contributed by atoms with van der Waals surface area (Å²) in [5.41, 5.74) is -1.13. The molecular weight excluding hydrogens is 372 g/mol. The number of carbonyl (C=O) groups excluding carboxylic acids is 1. The van der Waals surface area contributed by atoms with E-state index < -0.39 is 17.2 Å². The highest BCUT2D eigenvalue weighted by Gasteiger charge is 2.18. The van der Waals surface area contributed by atoms with Gasteiger partial charge in [0.2, 0.25) is 0 Å². The van der Waals surface area contributed by atoms with Crippen LogP contribution in [0.5, 0.6) is 0 Å². The summed E-state index contributed by atoms with van der Waals surface area (Å²) in [7, 11) is 0. The minimum Gasteiger partial charge on any atom is -0.356 e. The molecule has 1 saturated heterocycles. The van der Waals surface area contributed by atoms with Gasteiger partial charge in [-0.05, 0) is 31.4 Å². The van der Waals surface area contributed by atoms with Crippen LogP contribution in [0.1, 0.15) is 29.6 Å². The van der Waals surface area contributed by atoms with Gasteiger partial charge in [0.25, 0.3) is 11.5 Å². The van der Waals surface area contributed by atoms with Crippen molar-refractivity contribution in [1.82, 2.24) is 19.5 Å². The maximum absolute atomic E-state index is 12.8. The molecule has 2 N–H and O–H groups in total. The summed E-state index contributed by atoms with van der Waals surface area (Å²) < 4.78 is 0.925. The molecule has 0 bridgehead atoms. The van der Waals surface area contributed by atoms with E-state index in [1.165, 1.54) is 12.7 Å². The normalized spacial score (nSPS) is 13.9. The summed E-state index contributed by atoms with van der Waals surface area (Å²) >= 11 is 0. The molecule has 9 nitrogen and oxygen atoms in total. The monoisotopic (exact) mass is 392 g/mol. The van der Waals surface area contributed by atoms with Crippen molar-refractivity contribution in [1.29, 1.82) is 0 Å². The second kappa shape index (κ2) is 8.09. The van der Waals surface area contributed by atoms with Gasteiger partial charge in [-0.15, -0.1) is 0 Å². The topological polar surface area (TPSA) is 113 Å². The van der Waals surface area contributed by atoms with Crippen LogP contribution in [0.25, 0.3) is 5.69 Å². The summed E-state index contributed by atoms with van der Waals surface area (Å²) in [5, 5.41) is 2.62. The molecule has 3 heterocycles. The van der Waals surface area contributed by atoms with Gasteiger partial charge in [0.1, 0.15) is 23.5 Å². The van der Waals surface area contributed by atoms with E-state index in [1.54, 1.807) is 36.4 Å². The van der Waals surface area contributed by atoms with Crippen LogP contribution in [0.15, 0.2) is 58.5 Å². The van der Waals surface area contributed by atoms with E-state index >= 15 is 0 Å². The molecular formula is C20H20N6O3. The Kier molecular flexibility index (Phi) is 5.19. The first-order valence-corrected chi connectivity index (χ1v) is 9.42. The first-order chi connectivity index (χ1) is 14.1. The second-order valence-electron chi connectivity index (χ2n) is 6.75. The van der Waals surface area contributed by atoms with E-state index in [4.69, 9.17) is 0 Å². The zero-order chi connectivity index (χ0) is 20.2. The van der Waals surface area contributed by atoms with Crippen LogP contribution in [0, 0.1) is 0 Å². The summed E-state index contributed by atoms with van der Waals surface area (Å²) in [6.45, 7) is 1.82. The molecule has 0 unspecified atom stereocenters. The number of hydrogen-bond acceptors (Lipinski definition) is 6. The van der Waals surface area contributed by atoms with Gasteiger partial charge in [-0.1, -0.05) is 18.2 Å². The van der Waals surface area contributed by atoms with Crippen molar-refractivity contribution in [3.63, 3.8) is 0 Å². The lowest BCUT2D eigenvalue weighted by molar-refractivity contribution is 0.102. The summed E-state index contributed by atoms with van der Waals surface area (Å²) in [6.07, 6.45) is 5.90. The van der Waals surface area contributed by atoms with Gasteiger partial charge in [0.15, 0.2) is 0 Å². The molecule has 1 aromatic carbocycles. The van der Waals surface area contributed by atoms with Gasteiger partial charge in [0.05, 0.1) is 5.69 Å². The smallest absolute Gasteiger partial charge is 0.333 e. The van der Waals surface area contributed by atoms with E-state index in [-0.39, 0.29) is 5.56 Å². The van der Waals surface area contributed by atoms with Crippen LogP contribution in [0.4, 0.5) is 11.6 Å². The lowest BCUT2D eigenvalue weighted by Crippen LogP contribution is -2.38. The van der Waals surface area contributed by atoms with Crippen LogP contribution >= 0.6 is 0 Å². The Bertz CT molecular complexity index is 1130. The summed E-state index contributed by atoms with van der Waals surface area (Å²) in [5.74, 6) is 0.375. The van der Waals surface area contributed by atoms with Crippen LogP contribution in [-0.2, 0) is 0 Å². The molecule has 29 heavy (non-hydrogen) atoms. The number of hydrogen-bond donors (Lipinski definition) is 2. The number of benzene rings is 1. The molecule has 0 saturated carbocycles. The predicted molar refractivity (Wildman–Crippen MR) is 109 cm³/mol. The van der Waals surface area contributed by atoms with Crippen LogP contribution in [0.3, 0.4) is 0 Å². The number of aromatic nitrogens is 4. The van der Waals surface area contributed by atoms with Crippen molar-refractivity contribution in [2.24, 2.45) is 0 Å². The van der Waals surface area contributed by atoms with E-state index in [0.29, 0.717) is 11.5 Å². The molecule has 0 radical (unpaired) electrons. The quantitative estimate of drug-likeness (QED) is 0.697. The largest absolute Gasteiger partial charge is 0.356 e. The molecule has 4 rings (SSSR count). The number of carbonyl (C=O) groups is 1. The van der Waals surface area contributed by atoms with Gasteiger partial charge >= 0.3 is 5.69 Å². The minimum absolute atomic E-state index is 0.188. The van der Waals surface area contributed by atoms with E-state index in [9.17, 15) is 14.4 Å². The van der Waals surface area contributed by atoms with Crippen LogP contribution in [0.2, 0.25) is 0 Å². The fraction of sp³-hybridized carbons (Fsp3) is 0.250. The summed E-state index contributed by atoms with van der Waals surface area (Å²) in [4.78, 5) is 50.6. The van der Waals surface area contributed by atoms with Gasteiger partial charge in [-0.25, -0.2) is 19.3 Å². The van der Waals surface area contributed by atoms with Gasteiger partial charge in [-0.2, -0.15) is 0 Å². The molecule has 0 spiro atoms. The third-order valence-corrected chi connectivity index (χ3v) is 4.81. The number of rotatable bonds is 4. The molecule has 9 heteroatoms. The van der Waals surface area contributed by atoms with E-state index in [0.717, 1.165) is 42.5 Å². The average Bonchev–Trinajstić information content (AvgIpc) is 2.75. The van der Waals surface area contributed by atoms with Crippen molar-refractivity contribution >= 4 is 17.5 Å². The standard InChI is InChI=1S/C20H20N6O3/c27-18(24-16-11-17(23-13-22-16)25-9-5-2-6-10-25)15-12-21-20(29)26(19(15)28)14-7-3-1-4-8-14/h1,3-4,7-8,11-13H,2,5-6,9-10H2,(H,21,29)(H,22,23,24,27). The second-order valence-corrected chi connectivity index (χ2v) is 6.75. The number of para-hydroxylation sites is 1. The van der Waals surface area contributed by atoms with Crippen molar-refractivity contribution < 1.29 is 4.79 Å². The first kappa shape index (κ1) is 18.6. The first-order valence-electron chi connectivity index (χ1n) is 9.42. The lowest BCUT2D eigenvalue weighted by Gasteiger charge is -2.27. The van der Waals surface area contributed by atoms with Gasteiger partial charge in [-0.3, -0.25) is 9.59 Å². The molecule has 1 fully saturated rings. The number of amides is 1. The highest BCUT2D eigenvalue weighted by atomic mass is 16.2. The fourth-order valence-electron chi connectivity index (χ4n) is 3.34. The number of anilines is 2. The van der Waals surface area contributed by atoms with Crippen LogP contribution < -0.4 is 21.5 Å². The molecule has 3 aromatic rings. The van der Waals surface area contributed by atoms with Crippen molar-refractivity contribution in [3.05, 3.63) is 75.3 Å². The van der Waals surface area contributed by atoms with Crippen LogP contribution in [-0.4, -0.2) is 38.5 Å². The third kappa shape index (κ3) is 3.93. The highest BCUT2D eigenvalue weighted by molar-refractivity contribution is 6.03. The van der Waals surface area contributed by atoms with Gasteiger partial charge < -0.3 is 15.2 Å². The molecule has 2 aromatic heterocycles. The van der Waals surface area contributed by atoms with Crippen molar-refractivity contribution in [2.45, 2.75) is 19.3 Å². The average molecular weight is 392 g/mol. The Labute approximate surface area is 166 Å². The molecule has 1 aliphatic heterocycles. The number of nitrogens with zero attached hydrogens (tertiary/aromatic N) is 4. The Hall–Kier alpha value is -3.75. The van der Waals surface area contributed by atoms with E-state index in [2.05, 4.69) is 25.2 Å². The van der Waals surface area contributed by atoms with Gasteiger partial charge in [0, 0.05) is 25.4 Å². The van der Waals surface area contributed by atoms with E-state index in [1.807, 2.05) is 0 Å². The maximum atomic E-state index is 12.8. The Balaban J connectivity index is 1.61. The zero-order valence-electron chi connectivity index (χ0n) is 15.7. The number of nitrogens with one attached hydrogen (secondary N) is 2. The number of piperidine rings is 1. The maximum Gasteiger partial charge on any atom is 0.333 e. The Morgan fingerprint density at radius 1 is 1.03 bits per heavy atom. The number of H-pyrrole nitrogens is 1. The Morgan fingerprint density at radius 3 is 2.55 bits per heavy atom. The highest BCUT2D eigenvalue weighted by Crippen LogP contribution is 2.19. The summed E-state index contributed by atoms with van der Waals surface area (Å²) in [6, 6.07) is 10.1. The fourth-order valence-corrected chi connectivity index (χ4v) is 3.34. The molecule has 0 aliphatic carbocycles. The lowest BCUT2D eigenvalue weighted by atomic mass is 10.1. The zero-order valence-corrected chi connectivity index (χ0v) is 15.7. The molecule has 0 atom stereocenters. The minimum atomic E-state index is -0.706. The molecule has 1 aliphatic rings. The number of aromatic amines is 1. The molecule has 148 valence electrons. The predicted octanol–water partition coefficient (Wildman–Crippen LogP) is 1.56. The van der Waals surface area contributed by atoms with Crippen molar-refractivity contribution in [2.75, 3.05) is 23.3 Å². The molecule has 1 amide bonds. The SMILES string of the molecule is O=C(Nc1cc(N2CCCCC2)ncn1)c1c[nH]c(=O)n(-c2ccccc2)c1=O. The van der Waals surface area contributed by atoms with Crippen molar-refractivity contribution in [3.8, 4) is 5.69 Å². The third-order valence-electron chi connectivity index (χ3n) is 4.81. The Morgan fingerprint density at radius 2 is 1.79 bits per heavy atom.